The molecule has 0 aliphatic rings. The van der Waals surface area contributed by atoms with Gasteiger partial charge < -0.3 is 24.5 Å². The van der Waals surface area contributed by atoms with Crippen molar-refractivity contribution in [2.75, 3.05) is 20.8 Å². The van der Waals surface area contributed by atoms with E-state index in [0.29, 0.717) is 29.0 Å². The Balaban J connectivity index is 2.12. The average Bonchev–Trinajstić information content (AvgIpc) is 3.06. The molecule has 7 heteroatoms. The molecule has 0 saturated carbocycles. The van der Waals surface area contributed by atoms with Crippen molar-refractivity contribution in [3.63, 3.8) is 0 Å². The Kier molecular flexibility index (Phi) is 7.43. The summed E-state index contributed by atoms with van der Waals surface area (Å²) in [6.07, 6.45) is 1.18. The fourth-order valence-electron chi connectivity index (χ4n) is 4.06. The van der Waals surface area contributed by atoms with Gasteiger partial charge in [-0.05, 0) is 62.6 Å². The number of unbranched alkanes of at least 4 members (excludes halogenated alkanes) is 1. The fourth-order valence-corrected chi connectivity index (χ4v) is 4.06. The molecule has 3 aromatic rings. The molecule has 3 rings (SSSR count). The lowest BCUT2D eigenvalue weighted by molar-refractivity contribution is 0.0498. The molecular formula is C26H32N2O5. The van der Waals surface area contributed by atoms with Gasteiger partial charge in [-0.15, -0.1) is 0 Å². The molecule has 1 heterocycles. The third-order valence-corrected chi connectivity index (χ3v) is 6.11. The van der Waals surface area contributed by atoms with Crippen LogP contribution in [0.1, 0.15) is 69.0 Å². The number of fused-ring (bicyclic) bond motifs is 1. The van der Waals surface area contributed by atoms with Gasteiger partial charge in [-0.25, -0.2) is 9.59 Å². The van der Waals surface area contributed by atoms with Crippen LogP contribution in [0.2, 0.25) is 0 Å². The minimum atomic E-state index is -0.602. The second-order valence-corrected chi connectivity index (χ2v) is 8.15. The number of rotatable bonds is 8. The number of carbonyl (C=O) groups excluding carboxylic acids is 2. The summed E-state index contributed by atoms with van der Waals surface area (Å²) in [4.78, 5) is 24.7. The highest BCUT2D eigenvalue weighted by molar-refractivity contribution is 5.98. The SMILES string of the molecule is CCCCOC(=O)c1cc2c(cc1C)c(C)c(C)n2C(N)c1ccc(C(=O)OC)cc1OC. The summed E-state index contributed by atoms with van der Waals surface area (Å²) >= 11 is 0. The third kappa shape index (κ3) is 4.59. The van der Waals surface area contributed by atoms with Crippen molar-refractivity contribution in [3.8, 4) is 5.75 Å². The van der Waals surface area contributed by atoms with E-state index in [2.05, 4.69) is 6.92 Å². The van der Waals surface area contributed by atoms with E-state index in [1.165, 1.54) is 14.2 Å². The molecule has 176 valence electrons. The zero-order chi connectivity index (χ0) is 24.3. The molecule has 0 bridgehead atoms. The number of nitrogens with two attached hydrogens (primary N) is 1. The maximum atomic E-state index is 12.7. The van der Waals surface area contributed by atoms with E-state index in [1.807, 2.05) is 37.5 Å². The van der Waals surface area contributed by atoms with Crippen molar-refractivity contribution in [3.05, 3.63) is 63.8 Å². The summed E-state index contributed by atoms with van der Waals surface area (Å²) in [7, 11) is 2.87. The first-order valence-electron chi connectivity index (χ1n) is 11.1. The fraction of sp³-hybridized carbons (Fsp3) is 0.385. The first kappa shape index (κ1) is 24.3. The number of carbonyl (C=O) groups is 2. The van der Waals surface area contributed by atoms with Crippen molar-refractivity contribution >= 4 is 22.8 Å². The van der Waals surface area contributed by atoms with Gasteiger partial charge in [-0.1, -0.05) is 19.4 Å². The Labute approximate surface area is 194 Å². The van der Waals surface area contributed by atoms with Crippen LogP contribution in [0.4, 0.5) is 0 Å². The number of ether oxygens (including phenoxy) is 3. The van der Waals surface area contributed by atoms with Crippen LogP contribution in [0.15, 0.2) is 30.3 Å². The summed E-state index contributed by atoms with van der Waals surface area (Å²) < 4.78 is 17.8. The van der Waals surface area contributed by atoms with E-state index in [9.17, 15) is 9.59 Å². The molecule has 0 aliphatic carbocycles. The maximum Gasteiger partial charge on any atom is 0.338 e. The lowest BCUT2D eigenvalue weighted by Crippen LogP contribution is -2.22. The highest BCUT2D eigenvalue weighted by Gasteiger charge is 2.23. The number of methoxy groups -OCH3 is 2. The van der Waals surface area contributed by atoms with Gasteiger partial charge in [-0.3, -0.25) is 0 Å². The van der Waals surface area contributed by atoms with Gasteiger partial charge in [-0.2, -0.15) is 0 Å². The van der Waals surface area contributed by atoms with Gasteiger partial charge in [0, 0.05) is 16.6 Å². The van der Waals surface area contributed by atoms with Gasteiger partial charge in [0.05, 0.1) is 37.5 Å². The zero-order valence-electron chi connectivity index (χ0n) is 20.2. The van der Waals surface area contributed by atoms with Crippen LogP contribution in [0, 0.1) is 20.8 Å². The number of aromatic nitrogens is 1. The molecule has 1 atom stereocenters. The Morgan fingerprint density at radius 3 is 2.42 bits per heavy atom. The third-order valence-electron chi connectivity index (χ3n) is 6.11. The molecule has 0 amide bonds. The number of esters is 2. The molecular weight excluding hydrogens is 420 g/mol. The van der Waals surface area contributed by atoms with E-state index in [4.69, 9.17) is 19.9 Å². The van der Waals surface area contributed by atoms with E-state index in [-0.39, 0.29) is 5.97 Å². The monoisotopic (exact) mass is 452 g/mol. The first-order chi connectivity index (χ1) is 15.7. The topological polar surface area (TPSA) is 92.8 Å². The highest BCUT2D eigenvalue weighted by atomic mass is 16.5. The molecule has 0 fully saturated rings. The molecule has 1 aromatic heterocycles. The lowest BCUT2D eigenvalue weighted by Gasteiger charge is -2.21. The van der Waals surface area contributed by atoms with Crippen LogP contribution in [0.25, 0.3) is 10.9 Å². The molecule has 0 aliphatic heterocycles. The quantitative estimate of drug-likeness (QED) is 0.389. The molecule has 0 spiro atoms. The summed E-state index contributed by atoms with van der Waals surface area (Å²) in [5, 5.41) is 1.02. The number of hydrogen-bond acceptors (Lipinski definition) is 6. The Bertz CT molecular complexity index is 1200. The Hall–Kier alpha value is -3.32. The van der Waals surface area contributed by atoms with Crippen LogP contribution in [0.5, 0.6) is 5.75 Å². The average molecular weight is 453 g/mol. The van der Waals surface area contributed by atoms with E-state index in [1.54, 1.807) is 18.2 Å². The van der Waals surface area contributed by atoms with Crippen molar-refractivity contribution in [1.82, 2.24) is 4.57 Å². The molecule has 33 heavy (non-hydrogen) atoms. The van der Waals surface area contributed by atoms with Crippen LogP contribution >= 0.6 is 0 Å². The smallest absolute Gasteiger partial charge is 0.338 e. The predicted molar refractivity (Wildman–Crippen MR) is 128 cm³/mol. The van der Waals surface area contributed by atoms with Crippen LogP contribution in [0.3, 0.4) is 0 Å². The molecule has 0 saturated heterocycles. The van der Waals surface area contributed by atoms with Crippen molar-refractivity contribution in [2.45, 2.75) is 46.7 Å². The van der Waals surface area contributed by atoms with Crippen molar-refractivity contribution in [2.24, 2.45) is 5.73 Å². The van der Waals surface area contributed by atoms with Crippen LogP contribution < -0.4 is 10.5 Å². The minimum absolute atomic E-state index is 0.334. The molecule has 0 radical (unpaired) electrons. The van der Waals surface area contributed by atoms with Crippen LogP contribution in [-0.4, -0.2) is 37.3 Å². The minimum Gasteiger partial charge on any atom is -0.496 e. The van der Waals surface area contributed by atoms with Crippen molar-refractivity contribution < 1.29 is 23.8 Å². The highest BCUT2D eigenvalue weighted by Crippen LogP contribution is 2.34. The van der Waals surface area contributed by atoms with Crippen molar-refractivity contribution in [1.29, 1.82) is 0 Å². The normalized spacial score (nSPS) is 12.0. The molecule has 1 unspecified atom stereocenters. The number of aryl methyl sites for hydroxylation is 2. The first-order valence-corrected chi connectivity index (χ1v) is 11.1. The second-order valence-electron chi connectivity index (χ2n) is 8.15. The van der Waals surface area contributed by atoms with Crippen LogP contribution in [-0.2, 0) is 9.47 Å². The van der Waals surface area contributed by atoms with Gasteiger partial charge >= 0.3 is 11.9 Å². The van der Waals surface area contributed by atoms with E-state index in [0.717, 1.165) is 40.6 Å². The van der Waals surface area contributed by atoms with Gasteiger partial charge in [0.25, 0.3) is 0 Å². The zero-order valence-corrected chi connectivity index (χ0v) is 20.2. The standard InChI is InChI=1S/C26H32N2O5/c1-7-8-11-33-26(30)20-14-22-21(12-15(20)2)16(3)17(4)28(22)24(27)19-10-9-18(25(29)32-6)13-23(19)31-5/h9-10,12-14,24H,7-8,11,27H2,1-6H3. The van der Waals surface area contributed by atoms with E-state index >= 15 is 0 Å². The summed E-state index contributed by atoms with van der Waals surface area (Å²) in [5.41, 5.74) is 12.1. The Morgan fingerprint density at radius 2 is 1.79 bits per heavy atom. The lowest BCUT2D eigenvalue weighted by atomic mass is 10.0. The predicted octanol–water partition coefficient (Wildman–Crippen LogP) is 4.82. The largest absolute Gasteiger partial charge is 0.496 e. The van der Waals surface area contributed by atoms with Gasteiger partial charge in [0.1, 0.15) is 11.9 Å². The molecule has 7 nitrogen and oxygen atoms in total. The molecule has 2 N–H and O–H groups in total. The molecule has 2 aromatic carbocycles. The number of hydrogen-bond donors (Lipinski definition) is 1. The number of nitrogens with zero attached hydrogens (tertiary/aromatic N) is 1. The number of benzene rings is 2. The maximum absolute atomic E-state index is 12.7. The van der Waals surface area contributed by atoms with E-state index < -0.39 is 12.1 Å². The van der Waals surface area contributed by atoms with Gasteiger partial charge in [0.15, 0.2) is 0 Å². The second kappa shape index (κ2) is 10.1. The van der Waals surface area contributed by atoms with Gasteiger partial charge in [0.2, 0.25) is 0 Å². The summed E-state index contributed by atoms with van der Waals surface area (Å²) in [6, 6.07) is 8.92. The summed E-state index contributed by atoms with van der Waals surface area (Å²) in [5.74, 6) is -0.302. The summed E-state index contributed by atoms with van der Waals surface area (Å²) in [6.45, 7) is 8.40. The Morgan fingerprint density at radius 1 is 1.06 bits per heavy atom.